The number of aromatic nitrogens is 1. The number of anilines is 2. The number of pyridine rings is 1. The lowest BCUT2D eigenvalue weighted by Gasteiger charge is -2.26. The number of nitrogens with zero attached hydrogens (tertiary/aromatic N) is 2. The molecule has 0 aromatic carbocycles. The van der Waals surface area contributed by atoms with Crippen LogP contribution in [0.1, 0.15) is 6.42 Å². The lowest BCUT2D eigenvalue weighted by Crippen LogP contribution is -2.43. The second kappa shape index (κ2) is 5.88. The van der Waals surface area contributed by atoms with E-state index < -0.39 is 0 Å². The van der Waals surface area contributed by atoms with Crippen LogP contribution in [0.15, 0.2) is 12.3 Å². The Hall–Kier alpha value is -1.82. The maximum atomic E-state index is 12.0. The van der Waals surface area contributed by atoms with Crippen LogP contribution in [0.3, 0.4) is 0 Å². The van der Waals surface area contributed by atoms with Gasteiger partial charge in [-0.05, 0) is 25.1 Å². The molecule has 1 fully saturated rings. The smallest absolute Gasteiger partial charge is 0.239 e. The van der Waals surface area contributed by atoms with Crippen LogP contribution < -0.4 is 20.3 Å². The Bertz CT molecular complexity index is 458. The van der Waals surface area contributed by atoms with Gasteiger partial charge in [0, 0.05) is 26.7 Å². The summed E-state index contributed by atoms with van der Waals surface area (Å²) in [5.74, 6) is 0.873. The van der Waals surface area contributed by atoms with E-state index in [-0.39, 0.29) is 5.91 Å². The SMILES string of the molecule is COc1nccc(N(C)C)c1NC(=O)CC1CNC1. The molecular weight excluding hydrogens is 244 g/mol. The molecular formula is C13H20N4O2. The van der Waals surface area contributed by atoms with Crippen molar-refractivity contribution in [3.05, 3.63) is 12.3 Å². The lowest BCUT2D eigenvalue weighted by molar-refractivity contribution is -0.117. The Kier molecular flexibility index (Phi) is 4.21. The number of carbonyl (C=O) groups excluding carboxylic acids is 1. The zero-order valence-corrected chi connectivity index (χ0v) is 11.6. The predicted octanol–water partition coefficient (Wildman–Crippen LogP) is 0.704. The van der Waals surface area contributed by atoms with Gasteiger partial charge in [-0.25, -0.2) is 4.98 Å². The van der Waals surface area contributed by atoms with Crippen LogP contribution in [0.2, 0.25) is 0 Å². The van der Waals surface area contributed by atoms with Crippen LogP contribution in [0.4, 0.5) is 11.4 Å². The quantitative estimate of drug-likeness (QED) is 0.819. The van der Waals surface area contributed by atoms with Crippen LogP contribution in [-0.4, -0.2) is 45.2 Å². The van der Waals surface area contributed by atoms with Crippen LogP contribution in [0.25, 0.3) is 0 Å². The van der Waals surface area contributed by atoms with Crippen molar-refractivity contribution in [2.45, 2.75) is 6.42 Å². The van der Waals surface area contributed by atoms with E-state index in [2.05, 4.69) is 15.6 Å². The fourth-order valence-electron chi connectivity index (χ4n) is 2.02. The van der Waals surface area contributed by atoms with Crippen LogP contribution in [0.5, 0.6) is 5.88 Å². The number of methoxy groups -OCH3 is 1. The molecule has 1 aromatic heterocycles. The summed E-state index contributed by atoms with van der Waals surface area (Å²) in [6.07, 6.45) is 2.19. The molecule has 1 aromatic rings. The van der Waals surface area contributed by atoms with Crippen LogP contribution in [0, 0.1) is 5.92 Å². The van der Waals surface area contributed by atoms with Crippen molar-refractivity contribution < 1.29 is 9.53 Å². The fourth-order valence-corrected chi connectivity index (χ4v) is 2.02. The molecule has 2 rings (SSSR count). The third kappa shape index (κ3) is 3.14. The number of ether oxygens (including phenoxy) is 1. The van der Waals surface area contributed by atoms with E-state index in [1.165, 1.54) is 0 Å². The first kappa shape index (κ1) is 13.6. The van der Waals surface area contributed by atoms with Gasteiger partial charge in [0.2, 0.25) is 11.8 Å². The van der Waals surface area contributed by atoms with Gasteiger partial charge in [-0.1, -0.05) is 0 Å². The van der Waals surface area contributed by atoms with Crippen molar-refractivity contribution in [3.8, 4) is 5.88 Å². The monoisotopic (exact) mass is 264 g/mol. The number of amides is 1. The molecule has 1 aliphatic rings. The molecule has 6 nitrogen and oxygen atoms in total. The van der Waals surface area contributed by atoms with Gasteiger partial charge in [-0.3, -0.25) is 4.79 Å². The van der Waals surface area contributed by atoms with Crippen molar-refractivity contribution in [3.63, 3.8) is 0 Å². The molecule has 0 radical (unpaired) electrons. The topological polar surface area (TPSA) is 66.5 Å². The van der Waals surface area contributed by atoms with Gasteiger partial charge < -0.3 is 20.3 Å². The van der Waals surface area contributed by atoms with E-state index in [0.717, 1.165) is 18.8 Å². The van der Waals surface area contributed by atoms with E-state index in [0.29, 0.717) is 23.9 Å². The lowest BCUT2D eigenvalue weighted by atomic mass is 9.99. The minimum atomic E-state index is 0.000833. The number of hydrogen-bond acceptors (Lipinski definition) is 5. The van der Waals surface area contributed by atoms with Crippen LogP contribution >= 0.6 is 0 Å². The highest BCUT2D eigenvalue weighted by molar-refractivity contribution is 5.96. The molecule has 0 atom stereocenters. The average Bonchev–Trinajstić information content (AvgIpc) is 2.34. The number of rotatable bonds is 5. The maximum Gasteiger partial charge on any atom is 0.239 e. The van der Waals surface area contributed by atoms with E-state index >= 15 is 0 Å². The summed E-state index contributed by atoms with van der Waals surface area (Å²) in [6.45, 7) is 1.83. The second-order valence-corrected chi connectivity index (χ2v) is 4.89. The molecule has 1 saturated heterocycles. The minimum absolute atomic E-state index is 0.000833. The van der Waals surface area contributed by atoms with Gasteiger partial charge in [0.1, 0.15) is 5.69 Å². The third-order valence-corrected chi connectivity index (χ3v) is 3.17. The predicted molar refractivity (Wildman–Crippen MR) is 74.7 cm³/mol. The Labute approximate surface area is 113 Å². The van der Waals surface area contributed by atoms with E-state index in [4.69, 9.17) is 4.74 Å². The molecule has 19 heavy (non-hydrogen) atoms. The number of hydrogen-bond donors (Lipinski definition) is 2. The van der Waals surface area contributed by atoms with Gasteiger partial charge in [0.15, 0.2) is 0 Å². The van der Waals surface area contributed by atoms with Gasteiger partial charge in [0.05, 0.1) is 12.8 Å². The van der Waals surface area contributed by atoms with Crippen molar-refractivity contribution in [2.24, 2.45) is 5.92 Å². The zero-order valence-electron chi connectivity index (χ0n) is 11.6. The molecule has 0 unspecified atom stereocenters. The Morgan fingerprint density at radius 1 is 1.58 bits per heavy atom. The molecule has 6 heteroatoms. The Morgan fingerprint density at radius 3 is 2.84 bits per heavy atom. The van der Waals surface area contributed by atoms with Crippen molar-refractivity contribution in [2.75, 3.05) is 44.5 Å². The highest BCUT2D eigenvalue weighted by Crippen LogP contribution is 2.32. The normalized spacial score (nSPS) is 14.7. The summed E-state index contributed by atoms with van der Waals surface area (Å²) >= 11 is 0. The zero-order chi connectivity index (χ0) is 13.8. The summed E-state index contributed by atoms with van der Waals surface area (Å²) < 4.78 is 5.22. The van der Waals surface area contributed by atoms with Crippen molar-refractivity contribution >= 4 is 17.3 Å². The Balaban J connectivity index is 2.14. The molecule has 0 bridgehead atoms. The Morgan fingerprint density at radius 2 is 2.32 bits per heavy atom. The van der Waals surface area contributed by atoms with Gasteiger partial charge in [0.25, 0.3) is 0 Å². The summed E-state index contributed by atoms with van der Waals surface area (Å²) in [5.41, 5.74) is 1.51. The molecule has 2 N–H and O–H groups in total. The van der Waals surface area contributed by atoms with Gasteiger partial charge in [-0.15, -0.1) is 0 Å². The van der Waals surface area contributed by atoms with Crippen molar-refractivity contribution in [1.82, 2.24) is 10.3 Å². The molecule has 0 saturated carbocycles. The largest absolute Gasteiger partial charge is 0.479 e. The molecule has 1 amide bonds. The highest BCUT2D eigenvalue weighted by Gasteiger charge is 2.22. The summed E-state index contributed by atoms with van der Waals surface area (Å²) in [5, 5.41) is 6.07. The number of nitrogens with one attached hydrogen (secondary N) is 2. The first-order valence-corrected chi connectivity index (χ1v) is 6.32. The molecule has 2 heterocycles. The van der Waals surface area contributed by atoms with Gasteiger partial charge in [-0.2, -0.15) is 0 Å². The number of carbonyl (C=O) groups is 1. The highest BCUT2D eigenvalue weighted by atomic mass is 16.5. The average molecular weight is 264 g/mol. The van der Waals surface area contributed by atoms with E-state index in [1.54, 1.807) is 13.3 Å². The van der Waals surface area contributed by atoms with Crippen LogP contribution in [-0.2, 0) is 4.79 Å². The molecule has 0 aliphatic carbocycles. The van der Waals surface area contributed by atoms with Crippen molar-refractivity contribution in [1.29, 1.82) is 0 Å². The molecule has 104 valence electrons. The first-order valence-electron chi connectivity index (χ1n) is 6.32. The first-order chi connectivity index (χ1) is 9.11. The molecule has 1 aliphatic heterocycles. The standard InChI is InChI=1S/C13H20N4O2/c1-17(2)10-4-5-15-13(19-3)12(10)16-11(18)6-9-7-14-8-9/h4-5,9,14H,6-8H2,1-3H3,(H,16,18). The summed E-state index contributed by atoms with van der Waals surface area (Å²) in [7, 11) is 5.38. The summed E-state index contributed by atoms with van der Waals surface area (Å²) in [4.78, 5) is 18.1. The maximum absolute atomic E-state index is 12.0. The van der Waals surface area contributed by atoms with Gasteiger partial charge >= 0.3 is 0 Å². The summed E-state index contributed by atoms with van der Waals surface area (Å²) in [6, 6.07) is 1.85. The minimum Gasteiger partial charge on any atom is -0.479 e. The fraction of sp³-hybridized carbons (Fsp3) is 0.538. The third-order valence-electron chi connectivity index (χ3n) is 3.17. The van der Waals surface area contributed by atoms with E-state index in [9.17, 15) is 4.79 Å². The molecule has 0 spiro atoms. The second-order valence-electron chi connectivity index (χ2n) is 4.89. The van der Waals surface area contributed by atoms with E-state index in [1.807, 2.05) is 25.1 Å².